The van der Waals surface area contributed by atoms with Crippen molar-refractivity contribution in [1.82, 2.24) is 5.32 Å². The molecule has 0 fully saturated rings. The van der Waals surface area contributed by atoms with Gasteiger partial charge in [-0.25, -0.2) is 8.78 Å². The van der Waals surface area contributed by atoms with Crippen molar-refractivity contribution in [2.24, 2.45) is 0 Å². The predicted molar refractivity (Wildman–Crippen MR) is 80.6 cm³/mol. The summed E-state index contributed by atoms with van der Waals surface area (Å²) in [5.41, 5.74) is 1.49. The molecule has 0 unspecified atom stereocenters. The van der Waals surface area contributed by atoms with Crippen LogP contribution in [-0.4, -0.2) is 5.11 Å². The Morgan fingerprint density at radius 1 is 1.05 bits per heavy atom. The molecule has 2 rings (SSSR count). The summed E-state index contributed by atoms with van der Waals surface area (Å²) in [6, 6.07) is 13.4. The number of hydrogen-bond donors (Lipinski definition) is 2. The molecule has 0 bridgehead atoms. The molecule has 20 heavy (non-hydrogen) atoms. The molecule has 1 atom stereocenters. The molecule has 0 aliphatic rings. The van der Waals surface area contributed by atoms with Gasteiger partial charge in [0.15, 0.2) is 16.7 Å². The number of halogens is 2. The second-order valence-corrected chi connectivity index (χ2v) is 4.77. The van der Waals surface area contributed by atoms with Gasteiger partial charge in [0.05, 0.1) is 6.04 Å². The molecule has 0 amide bonds. The summed E-state index contributed by atoms with van der Waals surface area (Å²) in [6.45, 7) is 1.97. The Balaban J connectivity index is 1.97. The van der Waals surface area contributed by atoms with E-state index in [1.165, 1.54) is 6.07 Å². The SMILES string of the molecule is C[C@H](NC(=S)Nc1ccc(F)c(F)c1)c1ccccc1. The summed E-state index contributed by atoms with van der Waals surface area (Å²) in [6.07, 6.45) is 0. The van der Waals surface area contributed by atoms with Gasteiger partial charge in [0.1, 0.15) is 0 Å². The first kappa shape index (κ1) is 14.4. The maximum atomic E-state index is 13.1. The molecule has 2 aromatic carbocycles. The number of benzene rings is 2. The molecule has 2 aromatic rings. The molecule has 0 radical (unpaired) electrons. The molecular formula is C15H14F2N2S. The molecule has 0 aliphatic heterocycles. The number of hydrogen-bond acceptors (Lipinski definition) is 1. The monoisotopic (exact) mass is 292 g/mol. The van der Waals surface area contributed by atoms with Crippen molar-refractivity contribution >= 4 is 23.0 Å². The third kappa shape index (κ3) is 3.74. The lowest BCUT2D eigenvalue weighted by Gasteiger charge is -2.17. The van der Waals surface area contributed by atoms with Gasteiger partial charge in [-0.15, -0.1) is 0 Å². The smallest absolute Gasteiger partial charge is 0.171 e. The average Bonchev–Trinajstić information content (AvgIpc) is 2.44. The normalized spacial score (nSPS) is 11.8. The van der Waals surface area contributed by atoms with Crippen molar-refractivity contribution in [3.63, 3.8) is 0 Å². The van der Waals surface area contributed by atoms with Gasteiger partial charge in [0, 0.05) is 11.8 Å². The number of rotatable bonds is 3. The fraction of sp³-hybridized carbons (Fsp3) is 0.133. The second kappa shape index (κ2) is 6.43. The van der Waals surface area contributed by atoms with E-state index >= 15 is 0 Å². The maximum Gasteiger partial charge on any atom is 0.171 e. The van der Waals surface area contributed by atoms with Gasteiger partial charge in [-0.3, -0.25) is 0 Å². The molecule has 0 saturated carbocycles. The Morgan fingerprint density at radius 3 is 2.40 bits per heavy atom. The molecule has 104 valence electrons. The molecule has 2 nitrogen and oxygen atoms in total. The Morgan fingerprint density at radius 2 is 1.75 bits per heavy atom. The van der Waals surface area contributed by atoms with E-state index in [4.69, 9.17) is 12.2 Å². The molecule has 5 heteroatoms. The molecule has 0 aromatic heterocycles. The second-order valence-electron chi connectivity index (χ2n) is 4.36. The topological polar surface area (TPSA) is 24.1 Å². The van der Waals surface area contributed by atoms with Crippen molar-refractivity contribution in [3.8, 4) is 0 Å². The van der Waals surface area contributed by atoms with Gasteiger partial charge in [-0.2, -0.15) is 0 Å². The zero-order chi connectivity index (χ0) is 14.5. The van der Waals surface area contributed by atoms with Gasteiger partial charge < -0.3 is 10.6 Å². The standard InChI is InChI=1S/C15H14F2N2S/c1-10(11-5-3-2-4-6-11)18-15(20)19-12-7-8-13(16)14(17)9-12/h2-10H,1H3,(H2,18,19,20)/t10-/m0/s1. The molecule has 0 heterocycles. The molecule has 2 N–H and O–H groups in total. The van der Waals surface area contributed by atoms with Crippen LogP contribution in [0.2, 0.25) is 0 Å². The zero-order valence-electron chi connectivity index (χ0n) is 10.9. The highest BCUT2D eigenvalue weighted by molar-refractivity contribution is 7.80. The highest BCUT2D eigenvalue weighted by atomic mass is 32.1. The van der Waals surface area contributed by atoms with Gasteiger partial charge in [-0.1, -0.05) is 30.3 Å². The van der Waals surface area contributed by atoms with Crippen LogP contribution in [0.5, 0.6) is 0 Å². The van der Waals surface area contributed by atoms with E-state index in [0.29, 0.717) is 10.8 Å². The van der Waals surface area contributed by atoms with Gasteiger partial charge in [0.25, 0.3) is 0 Å². The van der Waals surface area contributed by atoms with Crippen molar-refractivity contribution in [1.29, 1.82) is 0 Å². The van der Waals surface area contributed by atoms with E-state index in [1.807, 2.05) is 37.3 Å². The average molecular weight is 292 g/mol. The minimum atomic E-state index is -0.908. The molecule has 0 saturated heterocycles. The van der Waals surface area contributed by atoms with Crippen LogP contribution in [0, 0.1) is 11.6 Å². The van der Waals surface area contributed by atoms with Gasteiger partial charge in [0.2, 0.25) is 0 Å². The summed E-state index contributed by atoms with van der Waals surface area (Å²) in [5, 5.41) is 6.26. The minimum Gasteiger partial charge on any atom is -0.356 e. The first-order valence-corrected chi connectivity index (χ1v) is 6.54. The van der Waals surface area contributed by atoms with Crippen molar-refractivity contribution in [2.75, 3.05) is 5.32 Å². The lowest BCUT2D eigenvalue weighted by Crippen LogP contribution is -2.30. The zero-order valence-corrected chi connectivity index (χ0v) is 11.7. The fourth-order valence-electron chi connectivity index (χ4n) is 1.76. The summed E-state index contributed by atoms with van der Waals surface area (Å²) in [5.74, 6) is -1.79. The Hall–Kier alpha value is -2.01. The highest BCUT2D eigenvalue weighted by Gasteiger charge is 2.08. The lowest BCUT2D eigenvalue weighted by atomic mass is 10.1. The van der Waals surface area contributed by atoms with Gasteiger partial charge in [-0.05, 0) is 36.8 Å². The van der Waals surface area contributed by atoms with Crippen LogP contribution < -0.4 is 10.6 Å². The number of nitrogens with one attached hydrogen (secondary N) is 2. The van der Waals surface area contributed by atoms with E-state index in [1.54, 1.807) is 0 Å². The highest BCUT2D eigenvalue weighted by Crippen LogP contribution is 2.14. The van der Waals surface area contributed by atoms with Crippen molar-refractivity contribution < 1.29 is 8.78 Å². The van der Waals surface area contributed by atoms with Crippen LogP contribution >= 0.6 is 12.2 Å². The first-order chi connectivity index (χ1) is 9.56. The molecule has 0 spiro atoms. The predicted octanol–water partition coefficient (Wildman–Crippen LogP) is 4.01. The molecule has 0 aliphatic carbocycles. The fourth-order valence-corrected chi connectivity index (χ4v) is 2.06. The van der Waals surface area contributed by atoms with Gasteiger partial charge >= 0.3 is 0 Å². The Kier molecular flexibility index (Phi) is 4.63. The van der Waals surface area contributed by atoms with Crippen LogP contribution in [-0.2, 0) is 0 Å². The van der Waals surface area contributed by atoms with E-state index in [2.05, 4.69) is 10.6 Å². The minimum absolute atomic E-state index is 0.0153. The van der Waals surface area contributed by atoms with Crippen LogP contribution in [0.4, 0.5) is 14.5 Å². The first-order valence-electron chi connectivity index (χ1n) is 6.14. The quantitative estimate of drug-likeness (QED) is 0.836. The Bertz CT molecular complexity index is 602. The summed E-state index contributed by atoms with van der Waals surface area (Å²) < 4.78 is 25.9. The largest absolute Gasteiger partial charge is 0.356 e. The maximum absolute atomic E-state index is 13.1. The third-order valence-corrected chi connectivity index (χ3v) is 3.04. The van der Waals surface area contributed by atoms with E-state index in [9.17, 15) is 8.78 Å². The van der Waals surface area contributed by atoms with Crippen LogP contribution in [0.15, 0.2) is 48.5 Å². The van der Waals surface area contributed by atoms with Crippen molar-refractivity contribution in [2.45, 2.75) is 13.0 Å². The summed E-state index contributed by atoms with van der Waals surface area (Å²) in [7, 11) is 0. The number of thiocarbonyl (C=S) groups is 1. The number of anilines is 1. The summed E-state index contributed by atoms with van der Waals surface area (Å²) in [4.78, 5) is 0. The summed E-state index contributed by atoms with van der Waals surface area (Å²) >= 11 is 5.15. The van der Waals surface area contributed by atoms with Crippen LogP contribution in [0.1, 0.15) is 18.5 Å². The van der Waals surface area contributed by atoms with Crippen molar-refractivity contribution in [3.05, 3.63) is 65.7 Å². The Labute approximate surface area is 121 Å². The van der Waals surface area contributed by atoms with Crippen LogP contribution in [0.3, 0.4) is 0 Å². The third-order valence-electron chi connectivity index (χ3n) is 2.82. The van der Waals surface area contributed by atoms with E-state index < -0.39 is 11.6 Å². The van der Waals surface area contributed by atoms with E-state index in [0.717, 1.165) is 17.7 Å². The lowest BCUT2D eigenvalue weighted by molar-refractivity contribution is 0.509. The molecular weight excluding hydrogens is 278 g/mol. The van der Waals surface area contributed by atoms with Crippen LogP contribution in [0.25, 0.3) is 0 Å². The van der Waals surface area contributed by atoms with E-state index in [-0.39, 0.29) is 6.04 Å².